The molecule has 3 aromatic carbocycles. The maximum Gasteiger partial charge on any atom is 3.00 e. The molecule has 0 amide bonds. The molecule has 113 valence electrons. The van der Waals surface area contributed by atoms with Crippen LogP contribution in [0.4, 0.5) is 0 Å². The zero-order valence-corrected chi connectivity index (χ0v) is 17.0. The molecule has 3 aromatic rings. The number of halogens is 2. The van der Waals surface area contributed by atoms with E-state index in [-0.39, 0.29) is 51.0 Å². The first-order valence-corrected chi connectivity index (χ1v) is 6.91. The van der Waals surface area contributed by atoms with Gasteiger partial charge in [0.2, 0.25) is 0 Å². The van der Waals surface area contributed by atoms with Crippen LogP contribution in [0.25, 0.3) is 21.9 Å². The fourth-order valence-electron chi connectivity index (χ4n) is 2.78. The summed E-state index contributed by atoms with van der Waals surface area (Å²) in [6.07, 6.45) is 0. The Morgan fingerprint density at radius 3 is 2.14 bits per heavy atom. The summed E-state index contributed by atoms with van der Waals surface area (Å²) >= 11 is 0. The van der Waals surface area contributed by atoms with Crippen LogP contribution in [-0.2, 0) is 26.2 Å². The molecule has 0 spiro atoms. The van der Waals surface area contributed by atoms with Crippen LogP contribution < -0.4 is 24.8 Å². The summed E-state index contributed by atoms with van der Waals surface area (Å²) in [7, 11) is 0. The predicted molar refractivity (Wildman–Crippen MR) is 83.8 cm³/mol. The van der Waals surface area contributed by atoms with E-state index in [2.05, 4.69) is 75.4 Å². The Morgan fingerprint density at radius 1 is 0.909 bits per heavy atom. The first kappa shape index (κ1) is 21.5. The molecular weight excluding hydrogens is 390 g/mol. The molecule has 0 unspecified atom stereocenters. The molecule has 0 nitrogen and oxygen atoms in total. The maximum absolute atomic E-state index is 2.33. The van der Waals surface area contributed by atoms with Gasteiger partial charge in [0.1, 0.15) is 0 Å². The molecule has 0 saturated carbocycles. The van der Waals surface area contributed by atoms with Gasteiger partial charge in [-0.15, -0.1) is 34.5 Å². The molecule has 0 heterocycles. The average molecular weight is 409 g/mol. The van der Waals surface area contributed by atoms with Crippen molar-refractivity contribution in [3.8, 4) is 11.1 Å². The number of aryl methyl sites for hydroxylation is 1. The molecule has 0 saturated heterocycles. The Balaban J connectivity index is 0.00000147. The minimum absolute atomic E-state index is 0. The third kappa shape index (κ3) is 4.28. The smallest absolute Gasteiger partial charge is 1.00 e. The fourth-order valence-corrected chi connectivity index (χ4v) is 2.78. The van der Waals surface area contributed by atoms with Crippen LogP contribution >= 0.6 is 0 Å². The molecular formula is C19H19Cl2Zr. The van der Waals surface area contributed by atoms with Crippen LogP contribution in [-0.4, -0.2) is 0 Å². The molecule has 1 radical (unpaired) electrons. The van der Waals surface area contributed by atoms with E-state index in [1.165, 1.54) is 33.0 Å². The van der Waals surface area contributed by atoms with Gasteiger partial charge in [-0.05, 0) is 12.8 Å². The van der Waals surface area contributed by atoms with Gasteiger partial charge < -0.3 is 24.8 Å². The SMILES string of the molecule is Cc1cc(C(C)C)c2cc(-c3ccccc3)[cH-]c2c1.[Cl-].[Cl-].[Zr+3]. The molecule has 3 heteroatoms. The van der Waals surface area contributed by atoms with E-state index in [0.29, 0.717) is 5.92 Å². The van der Waals surface area contributed by atoms with Gasteiger partial charge in [-0.25, -0.2) is 0 Å². The van der Waals surface area contributed by atoms with Gasteiger partial charge >= 0.3 is 26.2 Å². The summed E-state index contributed by atoms with van der Waals surface area (Å²) in [6.45, 7) is 6.72. The Bertz CT molecular complexity index is 715. The second-order valence-electron chi connectivity index (χ2n) is 5.62. The van der Waals surface area contributed by atoms with E-state index in [9.17, 15) is 0 Å². The Hall–Kier alpha value is -0.487. The van der Waals surface area contributed by atoms with E-state index >= 15 is 0 Å². The van der Waals surface area contributed by atoms with E-state index in [4.69, 9.17) is 0 Å². The summed E-state index contributed by atoms with van der Waals surface area (Å²) in [5, 5.41) is 2.77. The minimum Gasteiger partial charge on any atom is -1.00 e. The van der Waals surface area contributed by atoms with Crippen molar-refractivity contribution in [3.05, 3.63) is 65.7 Å². The molecule has 0 aliphatic heterocycles. The number of hydrogen-bond donors (Lipinski definition) is 0. The van der Waals surface area contributed by atoms with Crippen molar-refractivity contribution in [2.45, 2.75) is 26.7 Å². The van der Waals surface area contributed by atoms with Crippen molar-refractivity contribution in [1.29, 1.82) is 0 Å². The quantitative estimate of drug-likeness (QED) is 0.509. The molecule has 22 heavy (non-hydrogen) atoms. The third-order valence-corrected chi connectivity index (χ3v) is 3.73. The molecule has 0 fully saturated rings. The third-order valence-electron chi connectivity index (χ3n) is 3.73. The summed E-state index contributed by atoms with van der Waals surface area (Å²) in [4.78, 5) is 0. The van der Waals surface area contributed by atoms with Gasteiger partial charge in [0.05, 0.1) is 0 Å². The van der Waals surface area contributed by atoms with Crippen molar-refractivity contribution < 1.29 is 51.0 Å². The first-order chi connectivity index (χ1) is 9.15. The van der Waals surface area contributed by atoms with Crippen LogP contribution in [0, 0.1) is 6.92 Å². The topological polar surface area (TPSA) is 0 Å². The van der Waals surface area contributed by atoms with Crippen LogP contribution in [0.3, 0.4) is 0 Å². The standard InChI is InChI=1S/C19H19.2ClH.Zr/c1-13(2)18-10-14(3)9-17-11-16(12-19(17)18)15-7-5-4-6-8-15;;;/h4-13H,1-3H3;2*1H;/q-1;;;+3/p-2. The van der Waals surface area contributed by atoms with E-state index in [0.717, 1.165) is 0 Å². The minimum atomic E-state index is 0. The summed E-state index contributed by atoms with van der Waals surface area (Å²) in [5.41, 5.74) is 5.42. The number of hydrogen-bond acceptors (Lipinski definition) is 0. The average Bonchev–Trinajstić information content (AvgIpc) is 2.82. The molecule has 0 N–H and O–H groups in total. The molecule has 0 bridgehead atoms. The number of benzene rings is 2. The van der Waals surface area contributed by atoms with Crippen molar-refractivity contribution in [1.82, 2.24) is 0 Å². The number of fused-ring (bicyclic) bond motifs is 1. The second-order valence-corrected chi connectivity index (χ2v) is 5.62. The summed E-state index contributed by atoms with van der Waals surface area (Å²) < 4.78 is 0. The van der Waals surface area contributed by atoms with Crippen LogP contribution in [0.5, 0.6) is 0 Å². The van der Waals surface area contributed by atoms with Crippen molar-refractivity contribution in [3.63, 3.8) is 0 Å². The van der Waals surface area contributed by atoms with E-state index in [1.807, 2.05) is 0 Å². The zero-order chi connectivity index (χ0) is 13.4. The summed E-state index contributed by atoms with van der Waals surface area (Å²) in [5.74, 6) is 0.563. The molecule has 0 atom stereocenters. The van der Waals surface area contributed by atoms with Crippen LogP contribution in [0.2, 0.25) is 0 Å². The van der Waals surface area contributed by atoms with Gasteiger partial charge in [-0.1, -0.05) is 66.9 Å². The van der Waals surface area contributed by atoms with Crippen molar-refractivity contribution in [2.24, 2.45) is 0 Å². The van der Waals surface area contributed by atoms with Crippen LogP contribution in [0.15, 0.2) is 54.6 Å². The monoisotopic (exact) mass is 407 g/mol. The van der Waals surface area contributed by atoms with Crippen LogP contribution in [0.1, 0.15) is 30.9 Å². The van der Waals surface area contributed by atoms with Gasteiger partial charge in [0, 0.05) is 0 Å². The first-order valence-electron chi connectivity index (χ1n) is 6.91. The van der Waals surface area contributed by atoms with Gasteiger partial charge in [-0.3, -0.25) is 0 Å². The number of rotatable bonds is 2. The van der Waals surface area contributed by atoms with Gasteiger partial charge in [-0.2, -0.15) is 0 Å². The largest absolute Gasteiger partial charge is 3.00 e. The zero-order valence-electron chi connectivity index (χ0n) is 13.0. The van der Waals surface area contributed by atoms with Crippen molar-refractivity contribution in [2.75, 3.05) is 0 Å². The Kier molecular flexibility index (Phi) is 8.77. The fraction of sp³-hybridized carbons (Fsp3) is 0.211. The maximum atomic E-state index is 2.33. The van der Waals surface area contributed by atoms with Gasteiger partial charge in [0.25, 0.3) is 0 Å². The van der Waals surface area contributed by atoms with Crippen molar-refractivity contribution >= 4 is 10.8 Å². The normalized spacial score (nSPS) is 9.82. The van der Waals surface area contributed by atoms with E-state index < -0.39 is 0 Å². The predicted octanol–water partition coefficient (Wildman–Crippen LogP) is -0.337. The Labute approximate surface area is 164 Å². The molecule has 0 aromatic heterocycles. The molecule has 3 rings (SSSR count). The summed E-state index contributed by atoms with van der Waals surface area (Å²) in [6, 6.07) is 19.9. The van der Waals surface area contributed by atoms with E-state index in [1.54, 1.807) is 0 Å². The molecule has 0 aliphatic carbocycles. The van der Waals surface area contributed by atoms with Gasteiger partial charge in [0.15, 0.2) is 0 Å². The molecule has 0 aliphatic rings. The Morgan fingerprint density at radius 2 is 1.55 bits per heavy atom. The second kappa shape index (κ2) is 8.97.